The van der Waals surface area contributed by atoms with Crippen LogP contribution in [-0.2, 0) is 4.84 Å². The summed E-state index contributed by atoms with van der Waals surface area (Å²) in [6.45, 7) is 0. The van der Waals surface area contributed by atoms with E-state index in [1.165, 1.54) is 11.8 Å². The molecule has 2 N–H and O–H groups in total. The molecule has 1 atom stereocenters. The predicted molar refractivity (Wildman–Crippen MR) is 84.2 cm³/mol. The number of benzene rings is 2. The minimum Gasteiger partial charge on any atom is -0.308 e. The van der Waals surface area contributed by atoms with Crippen molar-refractivity contribution in [3.8, 4) is 0 Å². The Balaban J connectivity index is 1.67. The molecule has 1 aliphatic heterocycles. The van der Waals surface area contributed by atoms with Crippen LogP contribution in [0.3, 0.4) is 0 Å². The summed E-state index contributed by atoms with van der Waals surface area (Å²) < 4.78 is 0. The molecule has 5 nitrogen and oxygen atoms in total. The molecule has 0 radical (unpaired) electrons. The smallest absolute Gasteiger partial charge is 0.308 e. The van der Waals surface area contributed by atoms with E-state index in [4.69, 9.17) is 4.84 Å². The van der Waals surface area contributed by atoms with Gasteiger partial charge in [-0.15, -0.1) is 0 Å². The molecular formula is C15H15N3O2S. The third-order valence-electron chi connectivity index (χ3n) is 3.04. The van der Waals surface area contributed by atoms with Crippen molar-refractivity contribution in [2.24, 2.45) is 0 Å². The van der Waals surface area contributed by atoms with Crippen molar-refractivity contribution in [3.63, 3.8) is 0 Å². The van der Waals surface area contributed by atoms with Crippen molar-refractivity contribution in [1.82, 2.24) is 5.32 Å². The number of para-hydroxylation sites is 2. The molecule has 0 bridgehead atoms. The first-order valence-corrected chi connectivity index (χ1v) is 7.37. The fraction of sp³-hybridized carbons (Fsp3) is 0.133. The average molecular weight is 301 g/mol. The number of hydrogen-bond acceptors (Lipinski definition) is 4. The van der Waals surface area contributed by atoms with Crippen LogP contribution in [0.15, 0.2) is 59.5 Å². The van der Waals surface area contributed by atoms with E-state index in [-0.39, 0.29) is 11.5 Å². The molecule has 0 aliphatic carbocycles. The number of nitrogens with one attached hydrogen (secondary N) is 2. The number of amides is 2. The molecule has 0 fully saturated rings. The molecular weight excluding hydrogens is 286 g/mol. The molecule has 0 saturated heterocycles. The van der Waals surface area contributed by atoms with Crippen LogP contribution in [0.2, 0.25) is 0 Å². The van der Waals surface area contributed by atoms with Gasteiger partial charge in [0.2, 0.25) is 0 Å². The van der Waals surface area contributed by atoms with E-state index in [2.05, 4.69) is 10.6 Å². The second-order valence-electron chi connectivity index (χ2n) is 4.41. The molecule has 21 heavy (non-hydrogen) atoms. The van der Waals surface area contributed by atoms with Gasteiger partial charge in [-0.3, -0.25) is 4.84 Å². The maximum atomic E-state index is 12.1. The zero-order valence-corrected chi connectivity index (χ0v) is 12.3. The molecule has 1 aliphatic rings. The van der Waals surface area contributed by atoms with Gasteiger partial charge in [0.15, 0.2) is 5.50 Å². The zero-order valence-electron chi connectivity index (χ0n) is 11.4. The topological polar surface area (TPSA) is 53.6 Å². The number of thioether (sulfide) groups is 1. The summed E-state index contributed by atoms with van der Waals surface area (Å²) in [6.07, 6.45) is 0. The molecule has 1 heterocycles. The molecule has 108 valence electrons. The van der Waals surface area contributed by atoms with Crippen molar-refractivity contribution in [1.29, 1.82) is 0 Å². The highest BCUT2D eigenvalue weighted by Crippen LogP contribution is 2.41. The second kappa shape index (κ2) is 6.07. The van der Waals surface area contributed by atoms with Crippen LogP contribution in [0.25, 0.3) is 0 Å². The van der Waals surface area contributed by atoms with Gasteiger partial charge in [0.1, 0.15) is 0 Å². The maximum Gasteiger partial charge on any atom is 0.321 e. The minimum atomic E-state index is -0.295. The normalized spacial score (nSPS) is 16.4. The zero-order chi connectivity index (χ0) is 14.7. The summed E-state index contributed by atoms with van der Waals surface area (Å²) in [7, 11) is 1.59. The van der Waals surface area contributed by atoms with Gasteiger partial charge in [-0.25, -0.2) is 9.86 Å². The molecule has 6 heteroatoms. The van der Waals surface area contributed by atoms with Gasteiger partial charge < -0.3 is 10.6 Å². The summed E-state index contributed by atoms with van der Waals surface area (Å²) in [5, 5.41) is 7.37. The lowest BCUT2D eigenvalue weighted by molar-refractivity contribution is 0.155. The maximum absolute atomic E-state index is 12.1. The quantitative estimate of drug-likeness (QED) is 0.913. The second-order valence-corrected chi connectivity index (χ2v) is 5.53. The summed E-state index contributed by atoms with van der Waals surface area (Å²) in [4.78, 5) is 18.5. The van der Waals surface area contributed by atoms with Crippen LogP contribution >= 0.6 is 11.8 Å². The predicted octanol–water partition coefficient (Wildman–Crippen LogP) is 3.27. The Morgan fingerprint density at radius 3 is 2.62 bits per heavy atom. The van der Waals surface area contributed by atoms with E-state index in [0.717, 1.165) is 16.3 Å². The number of carbonyl (C=O) groups is 1. The molecule has 2 aromatic carbocycles. The summed E-state index contributed by atoms with van der Waals surface area (Å²) in [5.41, 5.74) is 1.41. The van der Waals surface area contributed by atoms with Gasteiger partial charge in [-0.05, 0) is 24.3 Å². The molecule has 3 rings (SSSR count). The van der Waals surface area contributed by atoms with Crippen molar-refractivity contribution < 1.29 is 9.63 Å². The average Bonchev–Trinajstić information content (AvgIpc) is 2.85. The van der Waals surface area contributed by atoms with Crippen molar-refractivity contribution in [2.45, 2.75) is 10.4 Å². The lowest BCUT2D eigenvalue weighted by Gasteiger charge is -2.24. The van der Waals surface area contributed by atoms with Gasteiger partial charge in [0, 0.05) is 10.6 Å². The Morgan fingerprint density at radius 1 is 1.14 bits per heavy atom. The number of carbonyl (C=O) groups excluding carboxylic acids is 1. The Morgan fingerprint density at radius 2 is 1.86 bits per heavy atom. The van der Waals surface area contributed by atoms with Gasteiger partial charge in [-0.1, -0.05) is 42.1 Å². The number of urea groups is 1. The van der Waals surface area contributed by atoms with Crippen molar-refractivity contribution in [2.75, 3.05) is 17.5 Å². The van der Waals surface area contributed by atoms with Gasteiger partial charge in [0.05, 0.1) is 12.8 Å². The highest BCUT2D eigenvalue weighted by atomic mass is 32.2. The van der Waals surface area contributed by atoms with Gasteiger partial charge in [-0.2, -0.15) is 0 Å². The largest absolute Gasteiger partial charge is 0.321 e. The van der Waals surface area contributed by atoms with Crippen molar-refractivity contribution >= 4 is 29.2 Å². The molecule has 1 unspecified atom stereocenters. The molecule has 0 saturated carbocycles. The fourth-order valence-corrected chi connectivity index (χ4v) is 3.25. The van der Waals surface area contributed by atoms with E-state index in [9.17, 15) is 4.79 Å². The van der Waals surface area contributed by atoms with Crippen LogP contribution in [-0.4, -0.2) is 18.6 Å². The van der Waals surface area contributed by atoms with Crippen molar-refractivity contribution in [3.05, 3.63) is 54.6 Å². The van der Waals surface area contributed by atoms with Crippen LogP contribution in [0.1, 0.15) is 0 Å². The number of fused-ring (bicyclic) bond motifs is 1. The minimum absolute atomic E-state index is 0.270. The van der Waals surface area contributed by atoms with E-state index in [1.54, 1.807) is 12.2 Å². The van der Waals surface area contributed by atoms with Crippen LogP contribution in [0, 0.1) is 0 Å². The molecule has 2 amide bonds. The molecule has 0 aromatic heterocycles. The third-order valence-corrected chi connectivity index (χ3v) is 4.17. The van der Waals surface area contributed by atoms with E-state index in [1.807, 2.05) is 54.6 Å². The van der Waals surface area contributed by atoms with Crippen LogP contribution in [0.5, 0.6) is 0 Å². The first kappa shape index (κ1) is 13.8. The fourth-order valence-electron chi connectivity index (χ4n) is 2.12. The lowest BCUT2D eigenvalue weighted by atomic mass is 10.3. The Kier molecular flexibility index (Phi) is 3.98. The first-order chi connectivity index (χ1) is 10.3. The SMILES string of the molecule is CON1c2ccccc2SC1NC(=O)Nc1ccccc1. The Bertz CT molecular complexity index is 636. The van der Waals surface area contributed by atoms with E-state index >= 15 is 0 Å². The lowest BCUT2D eigenvalue weighted by Crippen LogP contribution is -2.45. The number of anilines is 2. The van der Waals surface area contributed by atoms with Gasteiger partial charge >= 0.3 is 6.03 Å². The standard InChI is InChI=1S/C15H15N3O2S/c1-20-18-12-9-5-6-10-13(12)21-15(18)17-14(19)16-11-7-3-2-4-8-11/h2-10,15H,1H3,(H2,16,17,19). The van der Waals surface area contributed by atoms with E-state index < -0.39 is 0 Å². The Labute approximate surface area is 127 Å². The molecule has 2 aromatic rings. The number of rotatable bonds is 3. The number of hydroxylamine groups is 1. The van der Waals surface area contributed by atoms with E-state index in [0.29, 0.717) is 0 Å². The highest BCUT2D eigenvalue weighted by molar-refractivity contribution is 8.00. The first-order valence-electron chi connectivity index (χ1n) is 6.49. The third kappa shape index (κ3) is 2.96. The number of hydrogen-bond donors (Lipinski definition) is 2. The van der Waals surface area contributed by atoms with Gasteiger partial charge in [0.25, 0.3) is 0 Å². The summed E-state index contributed by atoms with van der Waals surface area (Å²) in [5.74, 6) is 0. The van der Waals surface area contributed by atoms with Crippen LogP contribution < -0.4 is 15.7 Å². The highest BCUT2D eigenvalue weighted by Gasteiger charge is 2.31. The monoisotopic (exact) mass is 301 g/mol. The molecule has 0 spiro atoms. The summed E-state index contributed by atoms with van der Waals surface area (Å²) in [6, 6.07) is 16.9. The summed E-state index contributed by atoms with van der Waals surface area (Å²) >= 11 is 1.54. The number of nitrogens with zero attached hydrogens (tertiary/aromatic N) is 1. The Hall–Kier alpha value is -2.18. The van der Waals surface area contributed by atoms with Crippen LogP contribution in [0.4, 0.5) is 16.2 Å².